The standard InChI is InChI=1S/C10H19N3O/c1-4-10(14)13-7-9(11-12-13)6-5-8(2)3/h7-8,10,14H,4-6H2,1-3H3. The van der Waals surface area contributed by atoms with E-state index in [2.05, 4.69) is 24.2 Å². The van der Waals surface area contributed by atoms with Crippen molar-refractivity contribution in [2.45, 2.75) is 46.3 Å². The monoisotopic (exact) mass is 197 g/mol. The summed E-state index contributed by atoms with van der Waals surface area (Å²) in [5.41, 5.74) is 0.964. The van der Waals surface area contributed by atoms with Crippen LogP contribution in [0.5, 0.6) is 0 Å². The van der Waals surface area contributed by atoms with Crippen molar-refractivity contribution in [1.29, 1.82) is 0 Å². The molecule has 1 aromatic rings. The second kappa shape index (κ2) is 5.10. The lowest BCUT2D eigenvalue weighted by molar-refractivity contribution is 0.0847. The van der Waals surface area contributed by atoms with Crippen molar-refractivity contribution in [2.24, 2.45) is 5.92 Å². The SMILES string of the molecule is CCC(O)n1cc(CCC(C)C)nn1. The van der Waals surface area contributed by atoms with Gasteiger partial charge in [0.05, 0.1) is 11.9 Å². The molecule has 1 unspecified atom stereocenters. The molecule has 0 aliphatic carbocycles. The summed E-state index contributed by atoms with van der Waals surface area (Å²) in [5, 5.41) is 17.4. The van der Waals surface area contributed by atoms with Gasteiger partial charge in [-0.3, -0.25) is 0 Å². The van der Waals surface area contributed by atoms with Gasteiger partial charge in [0.15, 0.2) is 0 Å². The quantitative estimate of drug-likeness (QED) is 0.782. The first-order chi connectivity index (χ1) is 6.63. The Balaban J connectivity index is 2.50. The van der Waals surface area contributed by atoms with E-state index < -0.39 is 6.23 Å². The summed E-state index contributed by atoms with van der Waals surface area (Å²) in [6.07, 6.45) is 4.01. The summed E-state index contributed by atoms with van der Waals surface area (Å²) in [4.78, 5) is 0. The first-order valence-electron chi connectivity index (χ1n) is 5.22. The van der Waals surface area contributed by atoms with Gasteiger partial charge in [-0.1, -0.05) is 26.0 Å². The predicted molar refractivity (Wildman–Crippen MR) is 54.7 cm³/mol. The molecule has 1 N–H and O–H groups in total. The van der Waals surface area contributed by atoms with Gasteiger partial charge in [-0.25, -0.2) is 4.68 Å². The smallest absolute Gasteiger partial charge is 0.148 e. The highest BCUT2D eigenvalue weighted by atomic mass is 16.3. The third-order valence-corrected chi connectivity index (χ3v) is 2.21. The van der Waals surface area contributed by atoms with Crippen LogP contribution in [0.2, 0.25) is 0 Å². The van der Waals surface area contributed by atoms with E-state index in [-0.39, 0.29) is 0 Å². The minimum Gasteiger partial charge on any atom is -0.372 e. The van der Waals surface area contributed by atoms with Crippen LogP contribution in [0.1, 0.15) is 45.5 Å². The highest BCUT2D eigenvalue weighted by Crippen LogP contribution is 2.09. The molecule has 0 spiro atoms. The largest absolute Gasteiger partial charge is 0.372 e. The zero-order valence-electron chi connectivity index (χ0n) is 9.14. The number of aliphatic hydroxyl groups is 1. The third-order valence-electron chi connectivity index (χ3n) is 2.21. The van der Waals surface area contributed by atoms with Crippen LogP contribution < -0.4 is 0 Å². The fourth-order valence-electron chi connectivity index (χ4n) is 1.20. The van der Waals surface area contributed by atoms with Crippen LogP contribution in [0.3, 0.4) is 0 Å². The molecule has 14 heavy (non-hydrogen) atoms. The number of hydrogen-bond donors (Lipinski definition) is 1. The molecular formula is C10H19N3O. The summed E-state index contributed by atoms with van der Waals surface area (Å²) in [7, 11) is 0. The van der Waals surface area contributed by atoms with Gasteiger partial charge in [0.2, 0.25) is 0 Å². The van der Waals surface area contributed by atoms with E-state index in [4.69, 9.17) is 0 Å². The summed E-state index contributed by atoms with van der Waals surface area (Å²) < 4.78 is 1.52. The van der Waals surface area contributed by atoms with Gasteiger partial charge in [-0.2, -0.15) is 0 Å². The van der Waals surface area contributed by atoms with Crippen LogP contribution in [0, 0.1) is 5.92 Å². The maximum atomic E-state index is 9.48. The number of rotatable bonds is 5. The molecule has 0 saturated carbocycles. The normalized spacial score (nSPS) is 13.5. The van der Waals surface area contributed by atoms with Gasteiger partial charge in [-0.05, 0) is 25.2 Å². The van der Waals surface area contributed by atoms with Crippen LogP contribution in [0.15, 0.2) is 6.20 Å². The average molecular weight is 197 g/mol. The van der Waals surface area contributed by atoms with E-state index in [0.29, 0.717) is 12.3 Å². The zero-order valence-corrected chi connectivity index (χ0v) is 9.14. The highest BCUT2D eigenvalue weighted by Gasteiger charge is 2.07. The minimum absolute atomic E-state index is 0.532. The average Bonchev–Trinajstić information content (AvgIpc) is 2.62. The number of aromatic nitrogens is 3. The fourth-order valence-corrected chi connectivity index (χ4v) is 1.20. The van der Waals surface area contributed by atoms with Crippen LogP contribution in [0.25, 0.3) is 0 Å². The molecule has 0 radical (unpaired) electrons. The Labute approximate surface area is 84.9 Å². The van der Waals surface area contributed by atoms with E-state index in [0.717, 1.165) is 18.5 Å². The molecule has 4 nitrogen and oxygen atoms in total. The Morgan fingerprint density at radius 3 is 2.79 bits per heavy atom. The first kappa shape index (κ1) is 11.2. The van der Waals surface area contributed by atoms with Crippen LogP contribution in [-0.4, -0.2) is 20.1 Å². The highest BCUT2D eigenvalue weighted by molar-refractivity contribution is 4.92. The minimum atomic E-state index is -0.532. The summed E-state index contributed by atoms with van der Waals surface area (Å²) in [6, 6.07) is 0. The van der Waals surface area contributed by atoms with Crippen LogP contribution >= 0.6 is 0 Å². The van der Waals surface area contributed by atoms with Crippen molar-refractivity contribution in [3.8, 4) is 0 Å². The van der Waals surface area contributed by atoms with Gasteiger partial charge in [-0.15, -0.1) is 5.10 Å². The summed E-state index contributed by atoms with van der Waals surface area (Å²) in [5.74, 6) is 0.677. The van der Waals surface area contributed by atoms with Gasteiger partial charge < -0.3 is 5.11 Å². The Morgan fingerprint density at radius 2 is 2.21 bits per heavy atom. The molecule has 0 aliphatic rings. The van der Waals surface area contributed by atoms with E-state index in [1.165, 1.54) is 4.68 Å². The lowest BCUT2D eigenvalue weighted by Crippen LogP contribution is -2.07. The fraction of sp³-hybridized carbons (Fsp3) is 0.800. The van der Waals surface area contributed by atoms with Gasteiger partial charge in [0.25, 0.3) is 0 Å². The Morgan fingerprint density at radius 1 is 1.50 bits per heavy atom. The number of nitrogens with zero attached hydrogens (tertiary/aromatic N) is 3. The molecule has 1 heterocycles. The van der Waals surface area contributed by atoms with E-state index in [9.17, 15) is 5.11 Å². The number of hydrogen-bond acceptors (Lipinski definition) is 3. The maximum absolute atomic E-state index is 9.48. The van der Waals surface area contributed by atoms with E-state index >= 15 is 0 Å². The van der Waals surface area contributed by atoms with Crippen LogP contribution in [0.4, 0.5) is 0 Å². The van der Waals surface area contributed by atoms with Crippen molar-refractivity contribution in [1.82, 2.24) is 15.0 Å². The Kier molecular flexibility index (Phi) is 4.07. The van der Waals surface area contributed by atoms with Crippen molar-refractivity contribution >= 4 is 0 Å². The van der Waals surface area contributed by atoms with Gasteiger partial charge >= 0.3 is 0 Å². The second-order valence-corrected chi connectivity index (χ2v) is 4.01. The molecule has 0 saturated heterocycles. The first-order valence-corrected chi connectivity index (χ1v) is 5.22. The summed E-state index contributed by atoms with van der Waals surface area (Å²) in [6.45, 7) is 6.29. The Hall–Kier alpha value is -0.900. The third kappa shape index (κ3) is 3.10. The topological polar surface area (TPSA) is 50.9 Å². The van der Waals surface area contributed by atoms with Crippen molar-refractivity contribution in [3.63, 3.8) is 0 Å². The molecule has 4 heteroatoms. The second-order valence-electron chi connectivity index (χ2n) is 4.01. The molecule has 0 aromatic carbocycles. The zero-order chi connectivity index (χ0) is 10.6. The molecule has 0 aliphatic heterocycles. The van der Waals surface area contributed by atoms with Crippen molar-refractivity contribution in [2.75, 3.05) is 0 Å². The van der Waals surface area contributed by atoms with Crippen molar-refractivity contribution < 1.29 is 5.11 Å². The van der Waals surface area contributed by atoms with Crippen LogP contribution in [-0.2, 0) is 6.42 Å². The van der Waals surface area contributed by atoms with Gasteiger partial charge in [0, 0.05) is 0 Å². The van der Waals surface area contributed by atoms with Crippen molar-refractivity contribution in [3.05, 3.63) is 11.9 Å². The molecule has 0 amide bonds. The summed E-state index contributed by atoms with van der Waals surface area (Å²) >= 11 is 0. The molecule has 1 atom stereocenters. The molecule has 0 fully saturated rings. The molecule has 1 aromatic heterocycles. The predicted octanol–water partition coefficient (Wildman–Crippen LogP) is 1.77. The van der Waals surface area contributed by atoms with E-state index in [1.54, 1.807) is 0 Å². The number of aryl methyl sites for hydroxylation is 1. The van der Waals surface area contributed by atoms with E-state index in [1.807, 2.05) is 13.1 Å². The molecular weight excluding hydrogens is 178 g/mol. The molecule has 1 rings (SSSR count). The Bertz CT molecular complexity index is 270. The molecule has 0 bridgehead atoms. The lowest BCUT2D eigenvalue weighted by Gasteiger charge is -2.05. The molecule has 80 valence electrons. The lowest BCUT2D eigenvalue weighted by atomic mass is 10.1. The number of aliphatic hydroxyl groups excluding tert-OH is 1. The van der Waals surface area contributed by atoms with Gasteiger partial charge in [0.1, 0.15) is 6.23 Å². The maximum Gasteiger partial charge on any atom is 0.148 e.